The summed E-state index contributed by atoms with van der Waals surface area (Å²) in [6, 6.07) is 17.0. The average molecular weight is 248 g/mol. The maximum Gasteiger partial charge on any atom is 0.159 e. The summed E-state index contributed by atoms with van der Waals surface area (Å²) in [5.41, 5.74) is 0.678. The third-order valence-electron chi connectivity index (χ3n) is 2.92. The second-order valence-corrected chi connectivity index (χ2v) is 4.17. The second-order valence-electron chi connectivity index (χ2n) is 4.17. The summed E-state index contributed by atoms with van der Waals surface area (Å²) in [6.45, 7) is 0. The topological polar surface area (TPSA) is 45.5 Å². The average Bonchev–Trinajstić information content (AvgIpc) is 2.46. The Labute approximate surface area is 110 Å². The van der Waals surface area contributed by atoms with Crippen molar-refractivity contribution in [3.63, 3.8) is 0 Å². The molecular formula is C16H12N2O. The lowest BCUT2D eigenvalue weighted by Gasteiger charge is -2.00. The highest BCUT2D eigenvalue weighted by molar-refractivity contribution is 5.93. The largest absolute Gasteiger partial charge is 0.507 e. The zero-order valence-electron chi connectivity index (χ0n) is 10.2. The van der Waals surface area contributed by atoms with E-state index in [0.717, 1.165) is 10.8 Å². The molecule has 0 saturated carbocycles. The number of hydrogen-bond acceptors (Lipinski definition) is 3. The Kier molecular flexibility index (Phi) is 2.94. The molecule has 0 unspecified atom stereocenters. The number of pyridine rings is 1. The Morgan fingerprint density at radius 2 is 1.74 bits per heavy atom. The van der Waals surface area contributed by atoms with Gasteiger partial charge in [0.1, 0.15) is 5.75 Å². The lowest BCUT2D eigenvalue weighted by Crippen LogP contribution is -1.83. The molecule has 0 aliphatic rings. The Balaban J connectivity index is 2.04. The Morgan fingerprint density at radius 3 is 2.63 bits per heavy atom. The number of aromatic nitrogens is 1. The standard InChI is InChI=1S/C16H12N2O/c19-15-8-4-2-6-13(15)11-18-16-14-7-3-1-5-12(14)9-10-17-16/h1-11,19H. The van der Waals surface area contributed by atoms with Gasteiger partial charge in [0, 0.05) is 23.4 Å². The fourth-order valence-electron chi connectivity index (χ4n) is 1.93. The van der Waals surface area contributed by atoms with Crippen LogP contribution in [0.2, 0.25) is 0 Å². The monoisotopic (exact) mass is 248 g/mol. The summed E-state index contributed by atoms with van der Waals surface area (Å²) in [5, 5.41) is 11.8. The molecule has 3 nitrogen and oxygen atoms in total. The minimum Gasteiger partial charge on any atom is -0.507 e. The fourth-order valence-corrected chi connectivity index (χ4v) is 1.93. The number of rotatable bonds is 2. The normalized spacial score (nSPS) is 11.2. The van der Waals surface area contributed by atoms with Crippen LogP contribution in [0.15, 0.2) is 65.8 Å². The number of hydrogen-bond donors (Lipinski definition) is 1. The Morgan fingerprint density at radius 1 is 0.947 bits per heavy atom. The van der Waals surface area contributed by atoms with Crippen LogP contribution < -0.4 is 0 Å². The molecule has 3 aromatic rings. The number of fused-ring (bicyclic) bond motifs is 1. The van der Waals surface area contributed by atoms with Crippen LogP contribution in [-0.4, -0.2) is 16.3 Å². The van der Waals surface area contributed by atoms with Crippen molar-refractivity contribution in [2.45, 2.75) is 0 Å². The minimum atomic E-state index is 0.214. The molecule has 0 bridgehead atoms. The van der Waals surface area contributed by atoms with E-state index in [0.29, 0.717) is 11.4 Å². The van der Waals surface area contributed by atoms with Crippen LogP contribution in [-0.2, 0) is 0 Å². The predicted molar refractivity (Wildman–Crippen MR) is 77.1 cm³/mol. The van der Waals surface area contributed by atoms with Gasteiger partial charge < -0.3 is 5.11 Å². The highest BCUT2D eigenvalue weighted by atomic mass is 16.3. The molecule has 0 spiro atoms. The van der Waals surface area contributed by atoms with Gasteiger partial charge in [0.2, 0.25) is 0 Å². The highest BCUT2D eigenvalue weighted by Crippen LogP contribution is 2.23. The predicted octanol–water partition coefficient (Wildman–Crippen LogP) is 3.69. The van der Waals surface area contributed by atoms with Gasteiger partial charge >= 0.3 is 0 Å². The van der Waals surface area contributed by atoms with Crippen LogP contribution in [0, 0.1) is 0 Å². The summed E-state index contributed by atoms with van der Waals surface area (Å²) < 4.78 is 0. The molecule has 1 aromatic heterocycles. The Bertz CT molecular complexity index is 745. The molecule has 0 saturated heterocycles. The summed E-state index contributed by atoms with van der Waals surface area (Å²) in [6.07, 6.45) is 3.37. The van der Waals surface area contributed by atoms with Gasteiger partial charge in [-0.1, -0.05) is 36.4 Å². The van der Waals surface area contributed by atoms with Crippen LogP contribution in [0.5, 0.6) is 5.75 Å². The molecule has 0 aliphatic heterocycles. The molecule has 1 N–H and O–H groups in total. The molecule has 3 rings (SSSR count). The minimum absolute atomic E-state index is 0.214. The molecule has 0 aliphatic carbocycles. The van der Waals surface area contributed by atoms with Crippen molar-refractivity contribution >= 4 is 22.8 Å². The zero-order valence-corrected chi connectivity index (χ0v) is 10.2. The maximum absolute atomic E-state index is 9.69. The van der Waals surface area contributed by atoms with E-state index >= 15 is 0 Å². The molecule has 19 heavy (non-hydrogen) atoms. The molecule has 2 aromatic carbocycles. The fraction of sp³-hybridized carbons (Fsp3) is 0. The molecule has 92 valence electrons. The van der Waals surface area contributed by atoms with E-state index in [1.165, 1.54) is 0 Å². The van der Waals surface area contributed by atoms with Crippen LogP contribution in [0.3, 0.4) is 0 Å². The number of benzene rings is 2. The number of phenolic OH excluding ortho intramolecular Hbond substituents is 1. The van der Waals surface area contributed by atoms with Crippen molar-refractivity contribution < 1.29 is 5.11 Å². The van der Waals surface area contributed by atoms with Crippen molar-refractivity contribution in [1.82, 2.24) is 4.98 Å². The van der Waals surface area contributed by atoms with E-state index < -0.39 is 0 Å². The first kappa shape index (κ1) is 11.4. The van der Waals surface area contributed by atoms with E-state index in [-0.39, 0.29) is 5.75 Å². The number of para-hydroxylation sites is 1. The van der Waals surface area contributed by atoms with Gasteiger partial charge in [0.05, 0.1) is 0 Å². The third kappa shape index (κ3) is 2.31. The van der Waals surface area contributed by atoms with Crippen molar-refractivity contribution in [2.24, 2.45) is 4.99 Å². The van der Waals surface area contributed by atoms with Crippen molar-refractivity contribution in [3.8, 4) is 5.75 Å². The lowest BCUT2D eigenvalue weighted by molar-refractivity contribution is 0.474. The number of aromatic hydroxyl groups is 1. The van der Waals surface area contributed by atoms with Crippen LogP contribution in [0.25, 0.3) is 10.8 Å². The van der Waals surface area contributed by atoms with Crippen molar-refractivity contribution in [3.05, 3.63) is 66.4 Å². The van der Waals surface area contributed by atoms with Gasteiger partial charge in [-0.05, 0) is 23.6 Å². The van der Waals surface area contributed by atoms with E-state index in [1.54, 1.807) is 24.5 Å². The molecule has 0 radical (unpaired) electrons. The molecule has 0 atom stereocenters. The summed E-state index contributed by atoms with van der Waals surface area (Å²) >= 11 is 0. The molecule has 0 fully saturated rings. The molecule has 1 heterocycles. The SMILES string of the molecule is Oc1ccccc1C=Nc1nccc2ccccc12. The van der Waals surface area contributed by atoms with Crippen molar-refractivity contribution in [2.75, 3.05) is 0 Å². The van der Waals surface area contributed by atoms with Gasteiger partial charge in [0.25, 0.3) is 0 Å². The van der Waals surface area contributed by atoms with Crippen molar-refractivity contribution in [1.29, 1.82) is 0 Å². The van der Waals surface area contributed by atoms with E-state index in [1.807, 2.05) is 42.5 Å². The zero-order chi connectivity index (χ0) is 13.1. The summed E-state index contributed by atoms with van der Waals surface area (Å²) in [7, 11) is 0. The van der Waals surface area contributed by atoms with Crippen LogP contribution in [0.4, 0.5) is 5.82 Å². The number of nitrogens with zero attached hydrogens (tertiary/aromatic N) is 2. The smallest absolute Gasteiger partial charge is 0.159 e. The van der Waals surface area contributed by atoms with Gasteiger partial charge in [0.15, 0.2) is 5.82 Å². The van der Waals surface area contributed by atoms with Crippen LogP contribution in [0.1, 0.15) is 5.56 Å². The molecule has 0 amide bonds. The third-order valence-corrected chi connectivity index (χ3v) is 2.92. The van der Waals surface area contributed by atoms with Gasteiger partial charge in [-0.25, -0.2) is 9.98 Å². The van der Waals surface area contributed by atoms with Gasteiger partial charge in [-0.2, -0.15) is 0 Å². The van der Waals surface area contributed by atoms with Crippen LogP contribution >= 0.6 is 0 Å². The maximum atomic E-state index is 9.69. The van der Waals surface area contributed by atoms with E-state index in [4.69, 9.17) is 0 Å². The quantitative estimate of drug-likeness (QED) is 0.703. The lowest BCUT2D eigenvalue weighted by atomic mass is 10.1. The second kappa shape index (κ2) is 4.90. The first-order valence-corrected chi connectivity index (χ1v) is 6.00. The molecule has 3 heteroatoms. The molecular weight excluding hydrogens is 236 g/mol. The number of aliphatic imine (C=N–C) groups is 1. The number of phenols is 1. The summed E-state index contributed by atoms with van der Waals surface area (Å²) in [5.74, 6) is 0.868. The first-order valence-electron chi connectivity index (χ1n) is 6.00. The first-order chi connectivity index (χ1) is 9.34. The highest BCUT2D eigenvalue weighted by Gasteiger charge is 2.00. The van der Waals surface area contributed by atoms with E-state index in [9.17, 15) is 5.11 Å². The Hall–Kier alpha value is -2.68. The van der Waals surface area contributed by atoms with Gasteiger partial charge in [-0.15, -0.1) is 0 Å². The van der Waals surface area contributed by atoms with Gasteiger partial charge in [-0.3, -0.25) is 0 Å². The van der Waals surface area contributed by atoms with E-state index in [2.05, 4.69) is 9.98 Å². The summed E-state index contributed by atoms with van der Waals surface area (Å²) in [4.78, 5) is 8.64.